The van der Waals surface area contributed by atoms with Crippen molar-refractivity contribution in [2.75, 3.05) is 4.90 Å². The molecule has 3 aromatic heterocycles. The fraction of sp³-hybridized carbons (Fsp3) is 0.257. The minimum Gasteiger partial charge on any atom is -0.456 e. The molecule has 0 N–H and O–H groups in total. The highest BCUT2D eigenvalue weighted by Crippen LogP contribution is 2.65. The predicted molar refractivity (Wildman–Crippen MR) is 457 cm³/mol. The van der Waals surface area contributed by atoms with E-state index in [0.29, 0.717) is 0 Å². The highest BCUT2D eigenvalue weighted by molar-refractivity contribution is 6.22. The molecule has 0 amide bonds. The van der Waals surface area contributed by atoms with E-state index in [1.165, 1.54) is 205 Å². The first-order valence-electron chi connectivity index (χ1n) is 40.7. The fourth-order valence-electron chi connectivity index (χ4n) is 21.9. The Morgan fingerprint density at radius 2 is 0.706 bits per heavy atom. The van der Waals surface area contributed by atoms with Gasteiger partial charge in [0.2, 0.25) is 0 Å². The summed E-state index contributed by atoms with van der Waals surface area (Å²) in [6.07, 6.45) is 15.4. The van der Waals surface area contributed by atoms with E-state index in [9.17, 15) is 0 Å². The Morgan fingerprint density at radius 3 is 1.35 bits per heavy atom. The lowest BCUT2D eigenvalue weighted by Gasteiger charge is -2.33. The zero-order valence-electron chi connectivity index (χ0n) is 64.7. The van der Waals surface area contributed by atoms with Crippen molar-refractivity contribution in [3.8, 4) is 77.9 Å². The van der Waals surface area contributed by atoms with E-state index >= 15 is 0 Å². The zero-order valence-corrected chi connectivity index (χ0v) is 64.7. The van der Waals surface area contributed by atoms with Gasteiger partial charge >= 0.3 is 0 Å². The number of hydrogen-bond donors (Lipinski definition) is 0. The molecule has 4 nitrogen and oxygen atoms in total. The predicted octanol–water partition coefficient (Wildman–Crippen LogP) is 30.4. The number of benzene rings is 13. The third-order valence-electron chi connectivity index (χ3n) is 27.3. The van der Waals surface area contributed by atoms with Crippen molar-refractivity contribution < 1.29 is 13.3 Å². The molecule has 5 aliphatic carbocycles. The van der Waals surface area contributed by atoms with E-state index in [2.05, 4.69) is 311 Å². The first kappa shape index (κ1) is 66.3. The van der Waals surface area contributed by atoms with Crippen molar-refractivity contribution in [1.82, 2.24) is 0 Å². The minimum atomic E-state index is -0.432. The number of para-hydroxylation sites is 3. The number of nitrogens with zero attached hydrogens (tertiary/aromatic N) is 1. The summed E-state index contributed by atoms with van der Waals surface area (Å²) in [5.41, 5.74) is 39.2. The lowest BCUT2D eigenvalue weighted by atomic mass is 9.70. The van der Waals surface area contributed by atoms with Crippen LogP contribution in [-0.2, 0) is 27.1 Å². The fourth-order valence-corrected chi connectivity index (χ4v) is 21.9. The quantitative estimate of drug-likeness (QED) is 0.0852. The molecule has 0 radical (unpaired) electrons. The number of rotatable bonds is 17. The summed E-state index contributed by atoms with van der Waals surface area (Å²) in [4.78, 5) is 2.53. The van der Waals surface area contributed by atoms with Crippen LogP contribution in [0.1, 0.15) is 202 Å². The number of fused-ring (bicyclic) bond motifs is 28. The van der Waals surface area contributed by atoms with Crippen molar-refractivity contribution in [3.63, 3.8) is 0 Å². The molecule has 0 spiro atoms. The summed E-state index contributed by atoms with van der Waals surface area (Å²) in [5.74, 6) is 0. The van der Waals surface area contributed by atoms with Gasteiger partial charge in [0.05, 0.1) is 11.1 Å². The van der Waals surface area contributed by atoms with Gasteiger partial charge < -0.3 is 18.2 Å². The van der Waals surface area contributed by atoms with Gasteiger partial charge in [0, 0.05) is 76.5 Å². The number of hydrogen-bond acceptors (Lipinski definition) is 4. The third-order valence-corrected chi connectivity index (χ3v) is 27.3. The second-order valence-corrected chi connectivity index (χ2v) is 34.8. The van der Waals surface area contributed by atoms with Gasteiger partial charge in [-0.2, -0.15) is 0 Å². The molecule has 5 aliphatic rings. The molecular formula is C105H93NO3. The minimum absolute atomic E-state index is 0.0243. The molecule has 3 heterocycles. The lowest BCUT2D eigenvalue weighted by Crippen LogP contribution is -2.25. The molecule has 0 fully saturated rings. The van der Waals surface area contributed by atoms with E-state index in [1.54, 1.807) is 11.1 Å². The zero-order chi connectivity index (χ0) is 73.8. The van der Waals surface area contributed by atoms with E-state index in [1.807, 2.05) is 0 Å². The molecule has 4 heteroatoms. The van der Waals surface area contributed by atoms with Gasteiger partial charge in [-0.1, -0.05) is 291 Å². The number of anilines is 3. The average Bonchev–Trinajstić information content (AvgIpc) is 1.50. The van der Waals surface area contributed by atoms with E-state index in [4.69, 9.17) is 13.3 Å². The SMILES string of the molecule is CCCCCCCC1(CCCCCCC)c2ccccc2-c2ccc(-c3ccc4c(c3)C(C)(C)c3cc(-c5cc6c(c7c5oc5ccccc57)-c5ccc(N(c7ccc8c(c7)C(C)(C)c7c9c(c%10oc%11ccccc%11c%10c7-8)-c7ccccc7C9(C)C)c7cccc8oc9ccccc9c78)cc5C6(C)C)ccc3-4)cc21. The summed E-state index contributed by atoms with van der Waals surface area (Å²) in [6.45, 7) is 24.3. The summed E-state index contributed by atoms with van der Waals surface area (Å²) in [7, 11) is 0. The Kier molecular flexibility index (Phi) is 14.6. The Labute approximate surface area is 640 Å². The summed E-state index contributed by atoms with van der Waals surface area (Å²) < 4.78 is 21.2. The highest BCUT2D eigenvalue weighted by Gasteiger charge is 2.50. The molecule has 109 heavy (non-hydrogen) atoms. The van der Waals surface area contributed by atoms with Crippen LogP contribution < -0.4 is 4.90 Å². The maximum atomic E-state index is 7.28. The number of unbranched alkanes of at least 4 members (excludes halogenated alkanes) is 8. The Hall–Kier alpha value is -10.9. The maximum absolute atomic E-state index is 7.28. The molecule has 16 aromatic rings. The first-order valence-corrected chi connectivity index (χ1v) is 40.7. The summed E-state index contributed by atoms with van der Waals surface area (Å²) in [5, 5.41) is 6.85. The molecule has 0 aliphatic heterocycles. The Morgan fingerprint density at radius 1 is 0.275 bits per heavy atom. The molecule has 21 rings (SSSR count). The summed E-state index contributed by atoms with van der Waals surface area (Å²) >= 11 is 0. The Balaban J connectivity index is 0.681. The van der Waals surface area contributed by atoms with Crippen LogP contribution in [-0.4, -0.2) is 0 Å². The van der Waals surface area contributed by atoms with Crippen LogP contribution in [0.25, 0.3) is 144 Å². The van der Waals surface area contributed by atoms with Crippen molar-refractivity contribution in [2.45, 2.75) is 173 Å². The molecular weight excluding hydrogens is 1320 g/mol. The molecule has 13 aromatic carbocycles. The molecule has 0 unspecified atom stereocenters. The van der Waals surface area contributed by atoms with E-state index in [0.717, 1.165) is 77.7 Å². The van der Waals surface area contributed by atoms with Crippen molar-refractivity contribution in [2.24, 2.45) is 0 Å². The van der Waals surface area contributed by atoms with Gasteiger partial charge in [0.1, 0.15) is 33.5 Å². The van der Waals surface area contributed by atoms with Gasteiger partial charge in [0.25, 0.3) is 0 Å². The molecule has 0 bridgehead atoms. The van der Waals surface area contributed by atoms with Crippen LogP contribution in [0.5, 0.6) is 0 Å². The van der Waals surface area contributed by atoms with Crippen molar-refractivity contribution in [1.29, 1.82) is 0 Å². The normalized spacial score (nSPS) is 15.7. The molecule has 0 atom stereocenters. The van der Waals surface area contributed by atoms with Crippen LogP contribution >= 0.6 is 0 Å². The van der Waals surface area contributed by atoms with Crippen LogP contribution in [0.15, 0.2) is 250 Å². The largest absolute Gasteiger partial charge is 0.456 e. The second kappa shape index (κ2) is 24.0. The maximum Gasteiger partial charge on any atom is 0.144 e. The van der Waals surface area contributed by atoms with Crippen LogP contribution in [0.3, 0.4) is 0 Å². The lowest BCUT2D eigenvalue weighted by molar-refractivity contribution is 0.399. The topological polar surface area (TPSA) is 42.7 Å². The van der Waals surface area contributed by atoms with Crippen molar-refractivity contribution >= 4 is 82.9 Å². The van der Waals surface area contributed by atoms with Gasteiger partial charge in [-0.25, -0.2) is 0 Å². The van der Waals surface area contributed by atoms with Crippen LogP contribution in [0.2, 0.25) is 0 Å². The van der Waals surface area contributed by atoms with Crippen LogP contribution in [0, 0.1) is 0 Å². The highest BCUT2D eigenvalue weighted by atomic mass is 16.3. The van der Waals surface area contributed by atoms with Gasteiger partial charge in [-0.3, -0.25) is 0 Å². The van der Waals surface area contributed by atoms with E-state index in [-0.39, 0.29) is 16.2 Å². The summed E-state index contributed by atoms with van der Waals surface area (Å²) in [6, 6.07) is 90.4. The van der Waals surface area contributed by atoms with Crippen LogP contribution in [0.4, 0.5) is 17.1 Å². The van der Waals surface area contributed by atoms with Gasteiger partial charge in [-0.05, 0) is 214 Å². The third kappa shape index (κ3) is 9.30. The number of furan rings is 3. The van der Waals surface area contributed by atoms with Gasteiger partial charge in [-0.15, -0.1) is 0 Å². The van der Waals surface area contributed by atoms with E-state index < -0.39 is 10.8 Å². The standard InChI is InChI=1S/C105H93NO3/c1-11-13-15-17-29-54-105(55-30-18-16-14-12-2)79-38-25-19-32-67(79)70-50-45-63(57-84(70)105)62-44-49-68-69-51-46-64(58-81(69)101(3,4)80(68)56-62)77-61-85-91(94-75-35-22-27-41-88(75)108-99(77)94)72-52-47-65(59-82(72)102(85,5)6)106(86-39-31-43-90-92(86)74-34-21-26-40-87(74)107-90)66-48-53-73-83(60-66)104(9,10)97-93(73)95-76-36-23-28-42-89(76)109-100(95)96-71-33-20-24-37-78(71)103(7,8)98(96)97/h19-28,31-53,56-61H,11-18,29-30,54-55H2,1-10H3. The molecule has 0 saturated heterocycles. The second-order valence-electron chi connectivity index (χ2n) is 34.8. The van der Waals surface area contributed by atoms with Crippen molar-refractivity contribution in [3.05, 3.63) is 292 Å². The average molecular weight is 1420 g/mol. The first-order chi connectivity index (χ1) is 53.0. The smallest absolute Gasteiger partial charge is 0.144 e. The van der Waals surface area contributed by atoms with Gasteiger partial charge in [0.15, 0.2) is 0 Å². The molecule has 536 valence electrons. The molecule has 0 saturated carbocycles. The monoisotopic (exact) mass is 1420 g/mol. The Bertz CT molecular complexity index is 6530.